The lowest BCUT2D eigenvalue weighted by molar-refractivity contribution is -0.150. The van der Waals surface area contributed by atoms with Gasteiger partial charge in [-0.15, -0.1) is 0 Å². The Bertz CT molecular complexity index is 589. The van der Waals surface area contributed by atoms with Crippen molar-refractivity contribution in [1.82, 2.24) is 15.2 Å². The quantitative estimate of drug-likeness (QED) is 0.822. The average Bonchev–Trinajstić information content (AvgIpc) is 3.11. The molecule has 3 rings (SSSR count). The SMILES string of the molecule is CC1(C2CC2)NC(=O)CN(Cc2csc(=O)[nH]2)C1=O. The molecule has 0 aromatic carbocycles. The van der Waals surface area contributed by atoms with Crippen LogP contribution in [0.25, 0.3) is 0 Å². The molecule has 7 heteroatoms. The molecule has 0 spiro atoms. The molecule has 2 heterocycles. The molecular weight excluding hydrogens is 266 g/mol. The molecule has 2 amide bonds. The first-order valence-corrected chi connectivity index (χ1v) is 7.14. The summed E-state index contributed by atoms with van der Waals surface area (Å²) in [7, 11) is 0. The fourth-order valence-corrected chi connectivity index (χ4v) is 3.19. The molecule has 2 N–H and O–H groups in total. The number of thiazole rings is 1. The Morgan fingerprint density at radius 2 is 2.16 bits per heavy atom. The number of carbonyl (C=O) groups excluding carboxylic acids is 2. The smallest absolute Gasteiger partial charge is 0.304 e. The highest BCUT2D eigenvalue weighted by Crippen LogP contribution is 2.41. The van der Waals surface area contributed by atoms with E-state index in [-0.39, 0.29) is 35.7 Å². The summed E-state index contributed by atoms with van der Waals surface area (Å²) in [4.78, 5) is 39.4. The Kier molecular flexibility index (Phi) is 2.74. The van der Waals surface area contributed by atoms with Gasteiger partial charge in [0.25, 0.3) is 0 Å². The normalized spacial score (nSPS) is 27.5. The van der Waals surface area contributed by atoms with E-state index in [1.165, 1.54) is 4.90 Å². The Labute approximate surface area is 113 Å². The molecule has 1 aromatic heterocycles. The molecule has 19 heavy (non-hydrogen) atoms. The largest absolute Gasteiger partial charge is 0.340 e. The number of H-pyrrole nitrogens is 1. The van der Waals surface area contributed by atoms with Crippen molar-refractivity contribution in [3.8, 4) is 0 Å². The van der Waals surface area contributed by atoms with E-state index in [9.17, 15) is 14.4 Å². The van der Waals surface area contributed by atoms with Gasteiger partial charge in [0.15, 0.2) is 0 Å². The molecule has 1 unspecified atom stereocenters. The molecule has 1 aliphatic heterocycles. The Morgan fingerprint density at radius 3 is 2.74 bits per heavy atom. The minimum Gasteiger partial charge on any atom is -0.340 e. The van der Waals surface area contributed by atoms with Gasteiger partial charge in [0, 0.05) is 11.1 Å². The average molecular weight is 281 g/mol. The Hall–Kier alpha value is -1.63. The Balaban J connectivity index is 1.82. The second kappa shape index (κ2) is 4.19. The number of amides is 2. The summed E-state index contributed by atoms with van der Waals surface area (Å²) in [6.07, 6.45) is 1.96. The maximum absolute atomic E-state index is 12.5. The van der Waals surface area contributed by atoms with Gasteiger partial charge in [-0.25, -0.2) is 0 Å². The van der Waals surface area contributed by atoms with Crippen molar-refractivity contribution in [2.45, 2.75) is 31.8 Å². The monoisotopic (exact) mass is 281 g/mol. The minimum absolute atomic E-state index is 0.0540. The number of carbonyl (C=O) groups is 2. The van der Waals surface area contributed by atoms with Crippen LogP contribution in [0.4, 0.5) is 0 Å². The van der Waals surface area contributed by atoms with Gasteiger partial charge in [0.1, 0.15) is 12.1 Å². The fourth-order valence-electron chi connectivity index (χ4n) is 2.62. The van der Waals surface area contributed by atoms with Crippen LogP contribution in [0.1, 0.15) is 25.5 Å². The summed E-state index contributed by atoms with van der Waals surface area (Å²) < 4.78 is 0. The predicted molar refractivity (Wildman–Crippen MR) is 69.6 cm³/mol. The second-order valence-corrected chi connectivity index (χ2v) is 6.20. The summed E-state index contributed by atoms with van der Waals surface area (Å²) in [5, 5.41) is 4.52. The molecule has 1 saturated heterocycles. The van der Waals surface area contributed by atoms with E-state index in [1.54, 1.807) is 12.3 Å². The molecule has 1 aromatic rings. The van der Waals surface area contributed by atoms with E-state index >= 15 is 0 Å². The third-order valence-electron chi connectivity index (χ3n) is 3.79. The number of aromatic amines is 1. The first kappa shape index (κ1) is 12.4. The van der Waals surface area contributed by atoms with Gasteiger partial charge in [0.2, 0.25) is 11.8 Å². The lowest BCUT2D eigenvalue weighted by Crippen LogP contribution is -2.66. The first-order valence-electron chi connectivity index (χ1n) is 6.26. The number of rotatable bonds is 3. The van der Waals surface area contributed by atoms with Gasteiger partial charge in [0.05, 0.1) is 6.54 Å². The molecule has 2 fully saturated rings. The summed E-state index contributed by atoms with van der Waals surface area (Å²) in [6.45, 7) is 2.14. The van der Waals surface area contributed by atoms with E-state index in [2.05, 4.69) is 10.3 Å². The van der Waals surface area contributed by atoms with Crippen molar-refractivity contribution in [1.29, 1.82) is 0 Å². The van der Waals surface area contributed by atoms with E-state index in [4.69, 9.17) is 0 Å². The number of hydrogen-bond acceptors (Lipinski definition) is 4. The third kappa shape index (κ3) is 2.18. The number of aromatic nitrogens is 1. The lowest BCUT2D eigenvalue weighted by Gasteiger charge is -2.39. The highest BCUT2D eigenvalue weighted by Gasteiger charge is 2.52. The fraction of sp³-hybridized carbons (Fsp3) is 0.583. The number of nitrogens with one attached hydrogen (secondary N) is 2. The molecule has 1 atom stereocenters. The second-order valence-electron chi connectivity index (χ2n) is 5.36. The predicted octanol–water partition coefficient (Wildman–Crippen LogP) is 0.0635. The minimum atomic E-state index is -0.772. The summed E-state index contributed by atoms with van der Waals surface area (Å²) in [5.41, 5.74) is -0.0951. The van der Waals surface area contributed by atoms with Gasteiger partial charge in [-0.3, -0.25) is 14.4 Å². The van der Waals surface area contributed by atoms with E-state index in [1.807, 2.05) is 0 Å². The molecule has 6 nitrogen and oxygen atoms in total. The molecule has 0 radical (unpaired) electrons. The van der Waals surface area contributed by atoms with Crippen LogP contribution >= 0.6 is 11.3 Å². The maximum Gasteiger partial charge on any atom is 0.304 e. The van der Waals surface area contributed by atoms with Crippen molar-refractivity contribution < 1.29 is 9.59 Å². The highest BCUT2D eigenvalue weighted by molar-refractivity contribution is 7.07. The number of nitrogens with zero attached hydrogens (tertiary/aromatic N) is 1. The number of piperazine rings is 1. The van der Waals surface area contributed by atoms with Crippen molar-refractivity contribution >= 4 is 23.2 Å². The molecule has 1 aliphatic carbocycles. The van der Waals surface area contributed by atoms with Gasteiger partial charge >= 0.3 is 4.87 Å². The van der Waals surface area contributed by atoms with Gasteiger partial charge in [-0.05, 0) is 25.7 Å². The molecular formula is C12H15N3O3S. The van der Waals surface area contributed by atoms with Crippen LogP contribution in [-0.2, 0) is 16.1 Å². The molecule has 1 saturated carbocycles. The van der Waals surface area contributed by atoms with Crippen LogP contribution in [0.15, 0.2) is 10.2 Å². The van der Waals surface area contributed by atoms with Crippen molar-refractivity contribution in [3.63, 3.8) is 0 Å². The van der Waals surface area contributed by atoms with E-state index in [0.29, 0.717) is 5.69 Å². The zero-order valence-electron chi connectivity index (χ0n) is 10.6. The summed E-state index contributed by atoms with van der Waals surface area (Å²) >= 11 is 1.06. The third-order valence-corrected chi connectivity index (χ3v) is 4.51. The zero-order chi connectivity index (χ0) is 13.6. The molecule has 102 valence electrons. The first-order chi connectivity index (χ1) is 8.99. The maximum atomic E-state index is 12.5. The summed E-state index contributed by atoms with van der Waals surface area (Å²) in [5.74, 6) is 0.0569. The van der Waals surface area contributed by atoms with Gasteiger partial charge in [-0.2, -0.15) is 0 Å². The topological polar surface area (TPSA) is 82.3 Å². The number of hydrogen-bond donors (Lipinski definition) is 2. The lowest BCUT2D eigenvalue weighted by atomic mass is 9.91. The summed E-state index contributed by atoms with van der Waals surface area (Å²) in [6, 6.07) is 0. The standard InChI is InChI=1S/C12H15N3O3S/c1-12(7-2-3-7)10(17)15(5-9(16)14-12)4-8-6-19-11(18)13-8/h6-7H,2-5H2,1H3,(H,13,18)(H,14,16). The van der Waals surface area contributed by atoms with Crippen LogP contribution in [0.2, 0.25) is 0 Å². The van der Waals surface area contributed by atoms with Gasteiger partial charge in [-0.1, -0.05) is 11.3 Å². The van der Waals surface area contributed by atoms with Crippen LogP contribution in [0, 0.1) is 5.92 Å². The van der Waals surface area contributed by atoms with Crippen LogP contribution in [-0.4, -0.2) is 33.8 Å². The van der Waals surface area contributed by atoms with E-state index < -0.39 is 5.54 Å². The van der Waals surface area contributed by atoms with Gasteiger partial charge < -0.3 is 15.2 Å². The van der Waals surface area contributed by atoms with Crippen LogP contribution < -0.4 is 10.2 Å². The van der Waals surface area contributed by atoms with Crippen molar-refractivity contribution in [2.24, 2.45) is 5.92 Å². The van der Waals surface area contributed by atoms with Crippen molar-refractivity contribution in [3.05, 3.63) is 20.7 Å². The van der Waals surface area contributed by atoms with Crippen LogP contribution in [0.3, 0.4) is 0 Å². The van der Waals surface area contributed by atoms with Crippen LogP contribution in [0.5, 0.6) is 0 Å². The van der Waals surface area contributed by atoms with E-state index in [0.717, 1.165) is 24.2 Å². The van der Waals surface area contributed by atoms with Crippen molar-refractivity contribution in [2.75, 3.05) is 6.54 Å². The molecule has 0 bridgehead atoms. The molecule has 2 aliphatic rings. The zero-order valence-corrected chi connectivity index (χ0v) is 11.4. The highest BCUT2D eigenvalue weighted by atomic mass is 32.1. The Morgan fingerprint density at radius 1 is 1.42 bits per heavy atom.